The summed E-state index contributed by atoms with van der Waals surface area (Å²) < 4.78 is 7.19. The molecule has 100 valence electrons. The van der Waals surface area contributed by atoms with E-state index in [1.165, 1.54) is 16.1 Å². The highest BCUT2D eigenvalue weighted by Gasteiger charge is 2.11. The first-order chi connectivity index (χ1) is 9.75. The van der Waals surface area contributed by atoms with E-state index < -0.39 is 8.15 Å². The van der Waals surface area contributed by atoms with Gasteiger partial charge >= 0.3 is 0 Å². The van der Waals surface area contributed by atoms with Crippen LogP contribution in [0, 0.1) is 0 Å². The average molecular weight is 345 g/mol. The van der Waals surface area contributed by atoms with Crippen LogP contribution >= 0.6 is 24.1 Å². The molecule has 1 unspecified atom stereocenters. The van der Waals surface area contributed by atoms with Crippen LogP contribution in [0.15, 0.2) is 71.2 Å². The van der Waals surface area contributed by atoms with Crippen LogP contribution in [0.1, 0.15) is 0 Å². The van der Waals surface area contributed by atoms with Gasteiger partial charge in [0.25, 0.3) is 0 Å². The zero-order valence-corrected chi connectivity index (χ0v) is 13.6. The number of fused-ring (bicyclic) bond motifs is 1. The van der Waals surface area contributed by atoms with E-state index in [9.17, 15) is 0 Å². The molecule has 0 radical (unpaired) electrons. The number of hydrogen-bond donors (Lipinski definition) is 0. The first kappa shape index (κ1) is 13.6. The van der Waals surface area contributed by atoms with E-state index >= 15 is 0 Å². The lowest BCUT2D eigenvalue weighted by Crippen LogP contribution is -2.03. The third-order valence-electron chi connectivity index (χ3n) is 3.18. The van der Waals surface area contributed by atoms with E-state index in [-0.39, 0.29) is 0 Å². The number of benzene rings is 3. The summed E-state index contributed by atoms with van der Waals surface area (Å²) in [5, 5.41) is 3.64. The first-order valence-electron chi connectivity index (χ1n) is 6.40. The van der Waals surface area contributed by atoms with Crippen LogP contribution < -0.4 is 9.83 Å². The molecule has 0 N–H and O–H groups in total. The summed E-state index contributed by atoms with van der Waals surface area (Å²) in [6.07, 6.45) is 0. The van der Waals surface area contributed by atoms with Crippen molar-refractivity contribution in [1.82, 2.24) is 0 Å². The maximum atomic E-state index is 6.16. The van der Waals surface area contributed by atoms with E-state index in [0.29, 0.717) is 0 Å². The Kier molecular flexibility index (Phi) is 4.05. The van der Waals surface area contributed by atoms with Crippen LogP contribution in [-0.2, 0) is 0 Å². The van der Waals surface area contributed by atoms with Crippen molar-refractivity contribution in [2.75, 3.05) is 6.66 Å². The van der Waals surface area contributed by atoms with Crippen LogP contribution in [0.25, 0.3) is 10.8 Å². The van der Waals surface area contributed by atoms with Gasteiger partial charge < -0.3 is 4.52 Å². The van der Waals surface area contributed by atoms with Crippen LogP contribution in [0.2, 0.25) is 0 Å². The topological polar surface area (TPSA) is 9.23 Å². The molecule has 0 fully saturated rings. The van der Waals surface area contributed by atoms with Crippen molar-refractivity contribution in [3.05, 3.63) is 71.2 Å². The Bertz CT molecular complexity index is 727. The molecule has 0 heterocycles. The molecule has 0 aliphatic carbocycles. The van der Waals surface area contributed by atoms with Gasteiger partial charge in [-0.1, -0.05) is 60.7 Å². The highest BCUT2D eigenvalue weighted by atomic mass is 79.9. The molecule has 0 aromatic heterocycles. The van der Waals surface area contributed by atoms with Crippen molar-refractivity contribution in [2.24, 2.45) is 0 Å². The standard InChI is InChI=1S/C17H14BrOP/c1-20(14-8-3-2-4-9-14)19-16-12-11-13-7-5-6-10-15(13)17(16)18/h2-12H,1H3. The van der Waals surface area contributed by atoms with Crippen LogP contribution in [0.3, 0.4) is 0 Å². The quantitative estimate of drug-likeness (QED) is 0.583. The molecule has 1 atom stereocenters. The molecule has 3 rings (SSSR count). The molecule has 3 aromatic carbocycles. The Labute approximate surface area is 128 Å². The predicted octanol–water partition coefficient (Wildman–Crippen LogP) is 5.33. The summed E-state index contributed by atoms with van der Waals surface area (Å²) in [6, 6.07) is 22.8. The van der Waals surface area contributed by atoms with Crippen LogP contribution in [0.5, 0.6) is 5.75 Å². The fourth-order valence-electron chi connectivity index (χ4n) is 2.12. The fraction of sp³-hybridized carbons (Fsp3) is 0.0588. The second-order valence-electron chi connectivity index (χ2n) is 4.52. The van der Waals surface area contributed by atoms with E-state index in [1.807, 2.05) is 36.4 Å². The van der Waals surface area contributed by atoms with E-state index in [4.69, 9.17) is 4.52 Å². The third-order valence-corrected chi connectivity index (χ3v) is 5.50. The van der Waals surface area contributed by atoms with Crippen molar-refractivity contribution in [1.29, 1.82) is 0 Å². The molecule has 1 nitrogen and oxygen atoms in total. The summed E-state index contributed by atoms with van der Waals surface area (Å²) in [5.41, 5.74) is 0. The smallest absolute Gasteiger partial charge is 0.138 e. The SMILES string of the molecule is CP(Oc1ccc2ccccc2c1Br)c1ccccc1. The van der Waals surface area contributed by atoms with Gasteiger partial charge in [-0.05, 0) is 39.4 Å². The second-order valence-corrected chi connectivity index (χ2v) is 7.01. The molecule has 0 amide bonds. The lowest BCUT2D eigenvalue weighted by atomic mass is 10.1. The minimum atomic E-state index is -0.654. The summed E-state index contributed by atoms with van der Waals surface area (Å²) in [7, 11) is -0.654. The molecule has 0 saturated carbocycles. The lowest BCUT2D eigenvalue weighted by Gasteiger charge is -2.16. The van der Waals surface area contributed by atoms with Gasteiger partial charge in [-0.15, -0.1) is 0 Å². The summed E-state index contributed by atoms with van der Waals surface area (Å²) in [6.45, 7) is 2.13. The average Bonchev–Trinajstić information content (AvgIpc) is 2.51. The highest BCUT2D eigenvalue weighted by molar-refractivity contribution is 9.10. The Morgan fingerprint density at radius 2 is 1.55 bits per heavy atom. The van der Waals surface area contributed by atoms with E-state index in [0.717, 1.165) is 10.2 Å². The van der Waals surface area contributed by atoms with Crippen molar-refractivity contribution in [3.63, 3.8) is 0 Å². The van der Waals surface area contributed by atoms with Gasteiger partial charge in [0.05, 0.1) is 4.47 Å². The minimum Gasteiger partial charge on any atom is -0.468 e. The third kappa shape index (κ3) is 2.72. The first-order valence-corrected chi connectivity index (χ1v) is 8.90. The minimum absolute atomic E-state index is 0.654. The number of halogens is 1. The highest BCUT2D eigenvalue weighted by Crippen LogP contribution is 2.40. The molecule has 20 heavy (non-hydrogen) atoms. The maximum Gasteiger partial charge on any atom is 0.138 e. The fourth-order valence-corrected chi connectivity index (χ4v) is 3.97. The van der Waals surface area contributed by atoms with Crippen LogP contribution in [-0.4, -0.2) is 6.66 Å². The zero-order chi connectivity index (χ0) is 13.9. The van der Waals surface area contributed by atoms with Gasteiger partial charge in [0.1, 0.15) is 13.9 Å². The van der Waals surface area contributed by atoms with Gasteiger partial charge in [-0.25, -0.2) is 0 Å². The number of hydrogen-bond acceptors (Lipinski definition) is 1. The largest absolute Gasteiger partial charge is 0.468 e. The maximum absolute atomic E-state index is 6.16. The van der Waals surface area contributed by atoms with Gasteiger partial charge in [0.15, 0.2) is 0 Å². The molecule has 3 aromatic rings. The predicted molar refractivity (Wildman–Crippen MR) is 91.2 cm³/mol. The van der Waals surface area contributed by atoms with Crippen LogP contribution in [0.4, 0.5) is 0 Å². The van der Waals surface area contributed by atoms with E-state index in [2.05, 4.69) is 52.9 Å². The van der Waals surface area contributed by atoms with Gasteiger partial charge in [0.2, 0.25) is 0 Å². The molecule has 0 saturated heterocycles. The van der Waals surface area contributed by atoms with Crippen molar-refractivity contribution >= 4 is 40.2 Å². The molecule has 0 spiro atoms. The number of rotatable bonds is 3. The Morgan fingerprint density at radius 1 is 0.850 bits per heavy atom. The lowest BCUT2D eigenvalue weighted by molar-refractivity contribution is 0.624. The Hall–Kier alpha value is -1.37. The van der Waals surface area contributed by atoms with Gasteiger partial charge in [-0.2, -0.15) is 0 Å². The molecular formula is C17H14BrOP. The monoisotopic (exact) mass is 344 g/mol. The molecule has 0 aliphatic rings. The summed E-state index contributed by atoms with van der Waals surface area (Å²) in [4.78, 5) is 0. The molecular weight excluding hydrogens is 331 g/mol. The Balaban J connectivity index is 1.93. The normalized spacial score (nSPS) is 12.3. The molecule has 0 aliphatic heterocycles. The van der Waals surface area contributed by atoms with E-state index in [1.54, 1.807) is 0 Å². The molecule has 0 bridgehead atoms. The Morgan fingerprint density at radius 3 is 2.35 bits per heavy atom. The van der Waals surface area contributed by atoms with Gasteiger partial charge in [-0.3, -0.25) is 0 Å². The zero-order valence-electron chi connectivity index (χ0n) is 11.1. The summed E-state index contributed by atoms with van der Waals surface area (Å²) in [5.74, 6) is 0.904. The van der Waals surface area contributed by atoms with Crippen molar-refractivity contribution in [3.8, 4) is 5.75 Å². The van der Waals surface area contributed by atoms with Crippen molar-refractivity contribution < 1.29 is 4.52 Å². The molecule has 3 heteroatoms. The second kappa shape index (κ2) is 5.95. The van der Waals surface area contributed by atoms with Crippen molar-refractivity contribution in [2.45, 2.75) is 0 Å². The summed E-state index contributed by atoms with van der Waals surface area (Å²) >= 11 is 3.67. The van der Waals surface area contributed by atoms with Gasteiger partial charge in [0, 0.05) is 5.30 Å².